The van der Waals surface area contributed by atoms with E-state index in [1.54, 1.807) is 6.20 Å². The Labute approximate surface area is 173 Å². The number of primary amides is 1. The number of aromatic nitrogens is 3. The minimum absolute atomic E-state index is 0.184. The number of nitrogens with zero attached hydrogens (tertiary/aromatic N) is 5. The molecule has 1 fully saturated rings. The average Bonchev–Trinajstić information content (AvgIpc) is 3.20. The molecule has 3 N–H and O–H groups in total. The van der Waals surface area contributed by atoms with E-state index in [0.717, 1.165) is 43.0 Å². The summed E-state index contributed by atoms with van der Waals surface area (Å²) in [7, 11) is 2.15. The monoisotopic (exact) mass is 405 g/mol. The number of nitrogens with two attached hydrogens (primary N) is 1. The van der Waals surface area contributed by atoms with E-state index in [2.05, 4.69) is 49.4 Å². The van der Waals surface area contributed by atoms with Crippen LogP contribution in [0.25, 0.3) is 11.5 Å². The minimum Gasteiger partial charge on any atom is -0.369 e. The molecule has 0 bridgehead atoms. The fraction of sp³-hybridized carbons (Fsp3) is 0.333. The summed E-state index contributed by atoms with van der Waals surface area (Å²) in [5, 5.41) is 7.08. The van der Waals surface area contributed by atoms with Gasteiger partial charge in [-0.15, -0.1) is 0 Å². The number of likely N-dealkylation sites (N-methyl/N-ethyl adjacent to an activating group) is 1. The van der Waals surface area contributed by atoms with Gasteiger partial charge in [0.2, 0.25) is 5.95 Å². The lowest BCUT2D eigenvalue weighted by molar-refractivity contribution is 0.0991. The van der Waals surface area contributed by atoms with E-state index in [1.165, 1.54) is 5.69 Å². The second kappa shape index (κ2) is 7.42. The Bertz CT molecular complexity index is 1090. The largest absolute Gasteiger partial charge is 0.369 e. The summed E-state index contributed by atoms with van der Waals surface area (Å²) in [5.74, 6) is 0.378. The van der Waals surface area contributed by atoms with Crippen LogP contribution in [0.15, 0.2) is 35.0 Å². The molecule has 1 aromatic carbocycles. The highest BCUT2D eigenvalue weighted by Crippen LogP contribution is 2.34. The molecule has 1 amide bonds. The Hall–Kier alpha value is -3.46. The summed E-state index contributed by atoms with van der Waals surface area (Å²) in [6.45, 7) is 4.21. The first kappa shape index (κ1) is 18.6. The molecule has 1 saturated heterocycles. The Morgan fingerprint density at radius 1 is 1.13 bits per heavy atom. The summed E-state index contributed by atoms with van der Waals surface area (Å²) in [5.41, 5.74) is 10.0. The van der Waals surface area contributed by atoms with Crippen LogP contribution in [-0.4, -0.2) is 59.2 Å². The maximum Gasteiger partial charge on any atom is 0.271 e. The molecular weight excluding hydrogens is 382 g/mol. The number of anilines is 3. The van der Waals surface area contributed by atoms with Crippen molar-refractivity contribution in [3.05, 3.63) is 47.3 Å². The summed E-state index contributed by atoms with van der Waals surface area (Å²) in [6.07, 6.45) is 3.14. The van der Waals surface area contributed by atoms with E-state index in [4.69, 9.17) is 10.3 Å². The Kier molecular flexibility index (Phi) is 4.59. The number of benzene rings is 1. The van der Waals surface area contributed by atoms with Crippen LogP contribution in [0.5, 0.6) is 0 Å². The van der Waals surface area contributed by atoms with E-state index < -0.39 is 5.91 Å². The van der Waals surface area contributed by atoms with Crippen LogP contribution in [0.3, 0.4) is 0 Å². The van der Waals surface area contributed by atoms with E-state index in [1.807, 2.05) is 12.1 Å². The molecule has 9 nitrogen and oxygen atoms in total. The SMILES string of the molecule is CN1CCN(c2ccc(Nc3ncc4c(n3)-c3onc(C(N)=O)c3CC4)cc2)CC1. The van der Waals surface area contributed by atoms with Crippen LogP contribution in [-0.2, 0) is 12.8 Å². The molecule has 0 atom stereocenters. The second-order valence-corrected chi connectivity index (χ2v) is 7.73. The van der Waals surface area contributed by atoms with Crippen molar-refractivity contribution in [3.63, 3.8) is 0 Å². The maximum atomic E-state index is 11.6. The number of hydrogen-bond acceptors (Lipinski definition) is 8. The highest BCUT2D eigenvalue weighted by molar-refractivity contribution is 5.94. The number of hydrogen-bond donors (Lipinski definition) is 2. The molecule has 1 aliphatic carbocycles. The van der Waals surface area contributed by atoms with Crippen molar-refractivity contribution >= 4 is 23.2 Å². The molecule has 5 rings (SSSR count). The molecule has 0 radical (unpaired) electrons. The summed E-state index contributed by atoms with van der Waals surface area (Å²) < 4.78 is 5.39. The molecule has 2 aliphatic rings. The molecule has 0 spiro atoms. The standard InChI is InChI=1S/C21H23N7O2/c1-27-8-10-28(11-9-27)15-5-3-14(4-6-15)24-21-23-12-13-2-7-16-18(20(22)29)26-30-19(16)17(13)25-21/h3-6,12H,2,7-11H2,1H3,(H2,22,29)(H,23,24,25). The second-order valence-electron chi connectivity index (χ2n) is 7.73. The number of aryl methyl sites for hydroxylation is 1. The van der Waals surface area contributed by atoms with Crippen molar-refractivity contribution in [1.29, 1.82) is 0 Å². The lowest BCUT2D eigenvalue weighted by Gasteiger charge is -2.34. The van der Waals surface area contributed by atoms with Crippen LogP contribution in [0.4, 0.5) is 17.3 Å². The van der Waals surface area contributed by atoms with Crippen LogP contribution >= 0.6 is 0 Å². The number of amides is 1. The van der Waals surface area contributed by atoms with Crippen molar-refractivity contribution in [3.8, 4) is 11.5 Å². The number of nitrogens with one attached hydrogen (secondary N) is 1. The summed E-state index contributed by atoms with van der Waals surface area (Å²) >= 11 is 0. The van der Waals surface area contributed by atoms with Gasteiger partial charge in [0.15, 0.2) is 11.5 Å². The van der Waals surface area contributed by atoms with E-state index in [9.17, 15) is 4.79 Å². The molecule has 9 heteroatoms. The first-order valence-corrected chi connectivity index (χ1v) is 10.0. The van der Waals surface area contributed by atoms with Gasteiger partial charge in [0.05, 0.1) is 0 Å². The van der Waals surface area contributed by atoms with Gasteiger partial charge in [0.1, 0.15) is 5.69 Å². The zero-order chi connectivity index (χ0) is 20.7. The van der Waals surface area contributed by atoms with Gasteiger partial charge in [-0.05, 0) is 44.2 Å². The van der Waals surface area contributed by atoms with Gasteiger partial charge in [0, 0.05) is 54.9 Å². The first-order valence-electron chi connectivity index (χ1n) is 10.0. The number of rotatable bonds is 4. The van der Waals surface area contributed by atoms with Gasteiger partial charge < -0.3 is 25.4 Å². The van der Waals surface area contributed by atoms with Crippen LogP contribution < -0.4 is 16.0 Å². The predicted molar refractivity (Wildman–Crippen MR) is 113 cm³/mol. The number of piperazine rings is 1. The van der Waals surface area contributed by atoms with Gasteiger partial charge in [-0.2, -0.15) is 0 Å². The highest BCUT2D eigenvalue weighted by Gasteiger charge is 2.28. The molecule has 3 heterocycles. The minimum atomic E-state index is -0.587. The molecule has 1 aliphatic heterocycles. The van der Waals surface area contributed by atoms with Crippen molar-refractivity contribution in [2.24, 2.45) is 5.73 Å². The maximum absolute atomic E-state index is 11.6. The highest BCUT2D eigenvalue weighted by atomic mass is 16.5. The van der Waals surface area contributed by atoms with Crippen LogP contribution in [0.1, 0.15) is 21.6 Å². The number of carbonyl (C=O) groups excluding carboxylic acids is 1. The van der Waals surface area contributed by atoms with E-state index >= 15 is 0 Å². The van der Waals surface area contributed by atoms with E-state index in [-0.39, 0.29) is 5.69 Å². The summed E-state index contributed by atoms with van der Waals surface area (Å²) in [6, 6.07) is 8.28. The molecule has 0 saturated carbocycles. The van der Waals surface area contributed by atoms with Crippen LogP contribution in [0, 0.1) is 0 Å². The molecule has 0 unspecified atom stereocenters. The Morgan fingerprint density at radius 3 is 2.63 bits per heavy atom. The normalized spacial score (nSPS) is 16.1. The molecule has 30 heavy (non-hydrogen) atoms. The van der Waals surface area contributed by atoms with Crippen molar-refractivity contribution < 1.29 is 9.32 Å². The number of carbonyl (C=O) groups is 1. The Balaban J connectivity index is 1.36. The van der Waals surface area contributed by atoms with Crippen molar-refractivity contribution in [2.75, 3.05) is 43.4 Å². The van der Waals surface area contributed by atoms with Gasteiger partial charge in [-0.3, -0.25) is 4.79 Å². The molecular formula is C21H23N7O2. The molecule has 2 aromatic heterocycles. The quantitative estimate of drug-likeness (QED) is 0.676. The summed E-state index contributed by atoms with van der Waals surface area (Å²) in [4.78, 5) is 25.3. The Morgan fingerprint density at radius 2 is 1.90 bits per heavy atom. The van der Waals surface area contributed by atoms with Gasteiger partial charge in [0.25, 0.3) is 5.91 Å². The van der Waals surface area contributed by atoms with E-state index in [0.29, 0.717) is 30.2 Å². The lowest BCUT2D eigenvalue weighted by atomic mass is 9.94. The third-order valence-electron chi connectivity index (χ3n) is 5.74. The predicted octanol–water partition coefficient (Wildman–Crippen LogP) is 1.82. The number of fused-ring (bicyclic) bond motifs is 3. The fourth-order valence-electron chi connectivity index (χ4n) is 3.98. The van der Waals surface area contributed by atoms with Gasteiger partial charge in [-0.1, -0.05) is 5.16 Å². The van der Waals surface area contributed by atoms with Gasteiger partial charge >= 0.3 is 0 Å². The molecule has 3 aromatic rings. The lowest BCUT2D eigenvalue weighted by Crippen LogP contribution is -2.44. The third kappa shape index (κ3) is 3.37. The zero-order valence-electron chi connectivity index (χ0n) is 16.8. The fourth-order valence-corrected chi connectivity index (χ4v) is 3.98. The van der Waals surface area contributed by atoms with Gasteiger partial charge in [-0.25, -0.2) is 9.97 Å². The smallest absolute Gasteiger partial charge is 0.271 e. The topological polar surface area (TPSA) is 113 Å². The van der Waals surface area contributed by atoms with Crippen LogP contribution in [0.2, 0.25) is 0 Å². The van der Waals surface area contributed by atoms with Crippen molar-refractivity contribution in [1.82, 2.24) is 20.0 Å². The third-order valence-corrected chi connectivity index (χ3v) is 5.74. The molecule has 154 valence electrons. The van der Waals surface area contributed by atoms with Crippen molar-refractivity contribution in [2.45, 2.75) is 12.8 Å². The zero-order valence-corrected chi connectivity index (χ0v) is 16.8. The first-order chi connectivity index (χ1) is 14.6. The average molecular weight is 405 g/mol.